The fourth-order valence-corrected chi connectivity index (χ4v) is 4.08. The van der Waals surface area contributed by atoms with E-state index in [4.69, 9.17) is 0 Å². The summed E-state index contributed by atoms with van der Waals surface area (Å²) >= 11 is 2.07. The van der Waals surface area contributed by atoms with Crippen molar-refractivity contribution in [3.63, 3.8) is 0 Å². The van der Waals surface area contributed by atoms with Crippen LogP contribution in [0.2, 0.25) is 0 Å². The summed E-state index contributed by atoms with van der Waals surface area (Å²) in [6.07, 6.45) is 11.6. The molecule has 1 atom stereocenters. The predicted molar refractivity (Wildman–Crippen MR) is 62.3 cm³/mol. The molecule has 0 bridgehead atoms. The quantitative estimate of drug-likeness (QED) is 0.652. The van der Waals surface area contributed by atoms with Gasteiger partial charge in [-0.15, -0.1) is 11.8 Å². The lowest BCUT2D eigenvalue weighted by molar-refractivity contribution is 0.373. The minimum absolute atomic E-state index is 0.488. The van der Waals surface area contributed by atoms with Crippen molar-refractivity contribution in [3.8, 4) is 0 Å². The lowest BCUT2D eigenvalue weighted by Gasteiger charge is -2.38. The van der Waals surface area contributed by atoms with Gasteiger partial charge < -0.3 is 5.32 Å². The summed E-state index contributed by atoms with van der Waals surface area (Å²) in [5, 5.41) is 5.82. The van der Waals surface area contributed by atoms with Crippen molar-refractivity contribution < 1.29 is 0 Å². The van der Waals surface area contributed by atoms with Gasteiger partial charge in [0.25, 0.3) is 0 Å². The molecule has 0 radical (unpaired) electrons. The summed E-state index contributed by atoms with van der Waals surface area (Å²) in [6.45, 7) is 2.37. The lowest BCUT2D eigenvalue weighted by Crippen LogP contribution is -2.42. The molecule has 1 nitrogen and oxygen atoms in total. The average molecular weight is 205 g/mol. The molecule has 2 heterocycles. The van der Waals surface area contributed by atoms with Gasteiger partial charge in [-0.25, -0.2) is 0 Å². The Morgan fingerprint density at radius 3 is 3.00 bits per heavy atom. The first-order chi connectivity index (χ1) is 6.91. The van der Waals surface area contributed by atoms with Crippen LogP contribution in [0.25, 0.3) is 0 Å². The summed E-state index contributed by atoms with van der Waals surface area (Å²) in [5.74, 6) is 0.680. The molecule has 2 heteroatoms. The first-order valence-electron chi connectivity index (χ1n) is 5.34. The fourth-order valence-electron chi connectivity index (χ4n) is 2.69. The van der Waals surface area contributed by atoms with Crippen LogP contribution in [0.15, 0.2) is 35.3 Å². The third-order valence-electron chi connectivity index (χ3n) is 3.51. The second-order valence-electron chi connectivity index (χ2n) is 4.27. The number of thioether (sulfide) groups is 1. The Kier molecular flexibility index (Phi) is 2.06. The number of hydrogen-bond acceptors (Lipinski definition) is 2. The monoisotopic (exact) mass is 205 g/mol. The minimum Gasteiger partial charge on any atom is -0.317 e. The molecule has 1 fully saturated rings. The van der Waals surface area contributed by atoms with Gasteiger partial charge in [0, 0.05) is 10.7 Å². The van der Waals surface area contributed by atoms with Crippen LogP contribution in [0.4, 0.5) is 0 Å². The number of fused-ring (bicyclic) bond motifs is 2. The molecule has 3 aliphatic rings. The molecule has 2 aliphatic heterocycles. The lowest BCUT2D eigenvalue weighted by atomic mass is 9.78. The molecular weight excluding hydrogens is 190 g/mol. The van der Waals surface area contributed by atoms with E-state index in [0.717, 1.165) is 0 Å². The van der Waals surface area contributed by atoms with Crippen molar-refractivity contribution in [2.24, 2.45) is 5.92 Å². The predicted octanol–water partition coefficient (Wildman–Crippen LogP) is 2.48. The zero-order valence-corrected chi connectivity index (χ0v) is 9.02. The van der Waals surface area contributed by atoms with Crippen LogP contribution < -0.4 is 5.32 Å². The molecular formula is C12H15NS. The van der Waals surface area contributed by atoms with Crippen LogP contribution >= 0.6 is 11.8 Å². The molecule has 0 aromatic heterocycles. The molecule has 3 rings (SSSR count). The molecule has 1 saturated heterocycles. The van der Waals surface area contributed by atoms with Crippen molar-refractivity contribution in [2.75, 3.05) is 13.1 Å². The SMILES string of the molecule is C1=CC2=CSC3(CCNCC3)C2C=C1. The number of hydrogen-bond donors (Lipinski definition) is 1. The van der Waals surface area contributed by atoms with Crippen LogP contribution in [0.1, 0.15) is 12.8 Å². The van der Waals surface area contributed by atoms with Gasteiger partial charge in [-0.05, 0) is 36.9 Å². The minimum atomic E-state index is 0.488. The van der Waals surface area contributed by atoms with E-state index in [2.05, 4.69) is 46.8 Å². The van der Waals surface area contributed by atoms with Gasteiger partial charge in [0.05, 0.1) is 0 Å². The van der Waals surface area contributed by atoms with Gasteiger partial charge in [0.2, 0.25) is 0 Å². The second-order valence-corrected chi connectivity index (χ2v) is 5.56. The molecule has 1 unspecified atom stereocenters. The van der Waals surface area contributed by atoms with Crippen molar-refractivity contribution in [2.45, 2.75) is 17.6 Å². The maximum absolute atomic E-state index is 3.45. The zero-order valence-electron chi connectivity index (χ0n) is 8.20. The highest BCUT2D eigenvalue weighted by molar-refractivity contribution is 8.03. The molecule has 0 aromatic carbocycles. The van der Waals surface area contributed by atoms with E-state index in [1.54, 1.807) is 0 Å². The van der Waals surface area contributed by atoms with Crippen LogP contribution in [-0.2, 0) is 0 Å². The van der Waals surface area contributed by atoms with E-state index in [1.165, 1.54) is 31.5 Å². The third-order valence-corrected chi connectivity index (χ3v) is 5.03. The first-order valence-corrected chi connectivity index (χ1v) is 6.22. The van der Waals surface area contributed by atoms with Crippen molar-refractivity contribution in [1.82, 2.24) is 5.32 Å². The molecule has 0 amide bonds. The average Bonchev–Trinajstić information content (AvgIpc) is 2.60. The Bertz CT molecular complexity index is 321. The van der Waals surface area contributed by atoms with Gasteiger partial charge in [-0.2, -0.15) is 0 Å². The Morgan fingerprint density at radius 2 is 2.14 bits per heavy atom. The van der Waals surface area contributed by atoms with E-state index in [-0.39, 0.29) is 0 Å². The van der Waals surface area contributed by atoms with Gasteiger partial charge in [0.1, 0.15) is 0 Å². The molecule has 0 aromatic rings. The number of allylic oxidation sites excluding steroid dienone is 5. The summed E-state index contributed by atoms with van der Waals surface area (Å²) in [6, 6.07) is 0. The molecule has 74 valence electrons. The Morgan fingerprint density at radius 1 is 1.29 bits per heavy atom. The number of piperidine rings is 1. The largest absolute Gasteiger partial charge is 0.317 e. The number of nitrogens with one attached hydrogen (secondary N) is 1. The van der Waals surface area contributed by atoms with E-state index in [1.807, 2.05) is 0 Å². The van der Waals surface area contributed by atoms with Gasteiger partial charge in [-0.3, -0.25) is 0 Å². The smallest absolute Gasteiger partial charge is 0.0328 e. The van der Waals surface area contributed by atoms with Crippen LogP contribution in [-0.4, -0.2) is 17.8 Å². The van der Waals surface area contributed by atoms with Crippen molar-refractivity contribution in [3.05, 3.63) is 35.3 Å². The Labute approximate surface area is 89.3 Å². The highest BCUT2D eigenvalue weighted by Crippen LogP contribution is 2.52. The molecule has 1 N–H and O–H groups in total. The molecule has 0 saturated carbocycles. The van der Waals surface area contributed by atoms with Gasteiger partial charge >= 0.3 is 0 Å². The fraction of sp³-hybridized carbons (Fsp3) is 0.500. The summed E-state index contributed by atoms with van der Waals surface area (Å²) < 4.78 is 0.488. The van der Waals surface area contributed by atoms with Crippen LogP contribution in [0.5, 0.6) is 0 Å². The van der Waals surface area contributed by atoms with Crippen LogP contribution in [0, 0.1) is 5.92 Å². The van der Waals surface area contributed by atoms with Crippen molar-refractivity contribution in [1.29, 1.82) is 0 Å². The summed E-state index contributed by atoms with van der Waals surface area (Å²) in [5.41, 5.74) is 1.53. The molecule has 14 heavy (non-hydrogen) atoms. The van der Waals surface area contributed by atoms with E-state index < -0.39 is 0 Å². The molecule has 1 aliphatic carbocycles. The summed E-state index contributed by atoms with van der Waals surface area (Å²) in [4.78, 5) is 0. The van der Waals surface area contributed by atoms with Crippen LogP contribution in [0.3, 0.4) is 0 Å². The van der Waals surface area contributed by atoms with E-state index >= 15 is 0 Å². The van der Waals surface area contributed by atoms with Crippen molar-refractivity contribution >= 4 is 11.8 Å². The van der Waals surface area contributed by atoms with Gasteiger partial charge in [-0.1, -0.05) is 24.3 Å². The summed E-state index contributed by atoms with van der Waals surface area (Å²) in [7, 11) is 0. The standard InChI is InChI=1S/C12H15NS/c1-2-4-11-10(3-1)9-14-12(11)5-7-13-8-6-12/h1-4,9,11,13H,5-8H2. The third kappa shape index (κ3) is 1.21. The normalized spacial score (nSPS) is 33.1. The highest BCUT2D eigenvalue weighted by Gasteiger charge is 2.43. The van der Waals surface area contributed by atoms with E-state index in [0.29, 0.717) is 10.7 Å². The second kappa shape index (κ2) is 3.28. The maximum Gasteiger partial charge on any atom is 0.0328 e. The van der Waals surface area contributed by atoms with Gasteiger partial charge in [0.15, 0.2) is 0 Å². The van der Waals surface area contributed by atoms with E-state index in [9.17, 15) is 0 Å². The molecule has 1 spiro atoms. The Hall–Kier alpha value is -0.470. The maximum atomic E-state index is 3.45. The topological polar surface area (TPSA) is 12.0 Å². The number of rotatable bonds is 0. The zero-order chi connectivity index (χ0) is 9.43. The first kappa shape index (κ1) is 8.81. The highest BCUT2D eigenvalue weighted by atomic mass is 32.2. The Balaban J connectivity index is 1.90.